The molecular weight excluding hydrogens is 213 g/mol. The van der Waals surface area contributed by atoms with Crippen LogP contribution < -0.4 is 0 Å². The van der Waals surface area contributed by atoms with E-state index in [4.69, 9.17) is 14.2 Å². The molecule has 0 atom stereocenters. The number of phosphoric acid groups is 1. The smallest absolute Gasteiger partial charge is 0.436 e. The summed E-state index contributed by atoms with van der Waals surface area (Å²) < 4.78 is 19.2. The molecule has 7 nitrogen and oxygen atoms in total. The molecule has 1 aromatic heterocycles. The van der Waals surface area contributed by atoms with Crippen molar-refractivity contribution in [3.63, 3.8) is 0 Å². The van der Waals surface area contributed by atoms with Gasteiger partial charge in [-0.05, 0) is 0 Å². The minimum atomic E-state index is -4.52. The minimum absolute atomic E-state index is 0.0820. The molecule has 0 aromatic carbocycles. The average molecular weight is 221 g/mol. The number of aromatic nitrogens is 1. The Bertz CT molecular complexity index is 379. The van der Waals surface area contributed by atoms with Crippen molar-refractivity contribution in [1.82, 2.24) is 4.98 Å². The highest BCUT2D eigenvalue weighted by Crippen LogP contribution is 2.36. The Morgan fingerprint density at radius 3 is 2.79 bits per heavy atom. The number of phosphoric ester groups is 1. The Labute approximate surface area is 79.0 Å². The lowest BCUT2D eigenvalue weighted by Crippen LogP contribution is -1.90. The van der Waals surface area contributed by atoms with Crippen LogP contribution in [0.25, 0.3) is 0 Å². The summed E-state index contributed by atoms with van der Waals surface area (Å²) in [5.41, 5.74) is 0. The third-order valence-electron chi connectivity index (χ3n) is 1.23. The lowest BCUT2D eigenvalue weighted by atomic mass is 10.5. The Balaban J connectivity index is 2.61. The third-order valence-corrected chi connectivity index (χ3v) is 1.70. The number of nitrogens with zero attached hydrogens (tertiary/aromatic N) is 1. The van der Waals surface area contributed by atoms with Gasteiger partial charge in [-0.2, -0.15) is 0 Å². The fourth-order valence-corrected chi connectivity index (χ4v) is 0.980. The summed E-state index contributed by atoms with van der Waals surface area (Å²) in [6.45, 7) is 0.837. The molecular formula is C6H8NO6P. The van der Waals surface area contributed by atoms with Crippen molar-refractivity contribution in [2.24, 2.45) is 0 Å². The van der Waals surface area contributed by atoms with E-state index in [-0.39, 0.29) is 17.4 Å². The summed E-state index contributed by atoms with van der Waals surface area (Å²) in [5, 5.41) is 0. The van der Waals surface area contributed by atoms with Gasteiger partial charge in [0, 0.05) is 6.92 Å². The monoisotopic (exact) mass is 221 g/mol. The molecule has 0 saturated carbocycles. The average Bonchev–Trinajstić information content (AvgIpc) is 2.47. The fraction of sp³-hybridized carbons (Fsp3) is 0.333. The van der Waals surface area contributed by atoms with Crippen molar-refractivity contribution < 1.29 is 28.1 Å². The summed E-state index contributed by atoms with van der Waals surface area (Å²) in [5.74, 6) is -0.403. The molecule has 0 bridgehead atoms. The maximum atomic E-state index is 10.7. The van der Waals surface area contributed by atoms with Gasteiger partial charge in [-0.25, -0.2) is 9.55 Å². The molecule has 0 amide bonds. The van der Waals surface area contributed by atoms with Crippen molar-refractivity contribution >= 4 is 13.6 Å². The summed E-state index contributed by atoms with van der Waals surface area (Å²) >= 11 is 0. The van der Waals surface area contributed by atoms with Gasteiger partial charge in [0.05, 0.1) is 6.20 Å². The number of hydrogen-bond acceptors (Lipinski definition) is 5. The molecule has 0 spiro atoms. The SMILES string of the molecule is CC(=O)c1ncc(COP(=O)(O)O)o1. The van der Waals surface area contributed by atoms with Crippen molar-refractivity contribution in [3.8, 4) is 0 Å². The van der Waals surface area contributed by atoms with Crippen molar-refractivity contribution in [1.29, 1.82) is 0 Å². The van der Waals surface area contributed by atoms with E-state index in [2.05, 4.69) is 9.51 Å². The van der Waals surface area contributed by atoms with Crippen LogP contribution in [0.1, 0.15) is 23.4 Å². The van der Waals surface area contributed by atoms with Crippen molar-refractivity contribution in [2.45, 2.75) is 13.5 Å². The van der Waals surface area contributed by atoms with E-state index in [1.807, 2.05) is 0 Å². The molecule has 0 saturated heterocycles. The zero-order chi connectivity index (χ0) is 10.8. The van der Waals surface area contributed by atoms with Crippen molar-refractivity contribution in [2.75, 3.05) is 0 Å². The Hall–Kier alpha value is -1.01. The zero-order valence-electron chi connectivity index (χ0n) is 7.21. The second kappa shape index (κ2) is 4.02. The summed E-state index contributed by atoms with van der Waals surface area (Å²) in [6, 6.07) is 0. The van der Waals surface area contributed by atoms with Gasteiger partial charge in [0.2, 0.25) is 5.78 Å². The maximum absolute atomic E-state index is 10.7. The third kappa shape index (κ3) is 3.39. The lowest BCUT2D eigenvalue weighted by Gasteiger charge is -2.01. The van der Waals surface area contributed by atoms with Gasteiger partial charge in [0.1, 0.15) is 6.61 Å². The molecule has 0 unspecified atom stereocenters. The lowest BCUT2D eigenvalue weighted by molar-refractivity contribution is 0.0976. The van der Waals surface area contributed by atoms with Gasteiger partial charge in [-0.15, -0.1) is 0 Å². The standard InChI is InChI=1S/C6H8NO6P/c1-4(8)6-7-2-5(13-6)3-12-14(9,10)11/h2H,3H2,1H3,(H2,9,10,11). The topological polar surface area (TPSA) is 110 Å². The highest BCUT2D eigenvalue weighted by atomic mass is 31.2. The van der Waals surface area contributed by atoms with Gasteiger partial charge < -0.3 is 14.2 Å². The van der Waals surface area contributed by atoms with E-state index >= 15 is 0 Å². The van der Waals surface area contributed by atoms with E-state index < -0.39 is 14.4 Å². The molecule has 1 aromatic rings. The van der Waals surface area contributed by atoms with Crippen LogP contribution in [0.4, 0.5) is 0 Å². The van der Waals surface area contributed by atoms with E-state index in [9.17, 15) is 9.36 Å². The number of ketones is 1. The van der Waals surface area contributed by atoms with Gasteiger partial charge >= 0.3 is 7.82 Å². The van der Waals surface area contributed by atoms with Gasteiger partial charge in [-0.1, -0.05) is 0 Å². The molecule has 0 aliphatic carbocycles. The highest BCUT2D eigenvalue weighted by Gasteiger charge is 2.16. The van der Waals surface area contributed by atoms with E-state index in [1.54, 1.807) is 0 Å². The molecule has 0 aliphatic rings. The molecule has 0 radical (unpaired) electrons. The number of oxazole rings is 1. The van der Waals surface area contributed by atoms with Gasteiger partial charge in [0.25, 0.3) is 5.89 Å². The summed E-state index contributed by atoms with van der Waals surface area (Å²) in [4.78, 5) is 31.0. The second-order valence-electron chi connectivity index (χ2n) is 2.45. The first-order valence-electron chi connectivity index (χ1n) is 3.54. The van der Waals surface area contributed by atoms with Crippen molar-refractivity contribution in [3.05, 3.63) is 17.8 Å². The number of Topliss-reactive ketones (excluding diaryl/α,β-unsaturated/α-hetero) is 1. The normalized spacial score (nSPS) is 11.6. The Morgan fingerprint density at radius 2 is 2.36 bits per heavy atom. The number of carbonyl (C=O) groups is 1. The largest absolute Gasteiger partial charge is 0.470 e. The van der Waals surface area contributed by atoms with Crippen LogP contribution in [-0.4, -0.2) is 20.6 Å². The van der Waals surface area contributed by atoms with Crippen LogP contribution in [0.3, 0.4) is 0 Å². The van der Waals surface area contributed by atoms with Crippen LogP contribution in [0.15, 0.2) is 10.6 Å². The zero-order valence-corrected chi connectivity index (χ0v) is 8.10. The summed E-state index contributed by atoms with van der Waals surface area (Å²) in [6.07, 6.45) is 1.17. The molecule has 78 valence electrons. The van der Waals surface area contributed by atoms with Gasteiger partial charge in [-0.3, -0.25) is 9.32 Å². The van der Waals surface area contributed by atoms with E-state index in [0.717, 1.165) is 0 Å². The Kier molecular flexibility index (Phi) is 3.17. The van der Waals surface area contributed by atoms with E-state index in [0.29, 0.717) is 0 Å². The molecule has 0 fully saturated rings. The second-order valence-corrected chi connectivity index (χ2v) is 3.69. The first kappa shape index (κ1) is 11.1. The molecule has 14 heavy (non-hydrogen) atoms. The quantitative estimate of drug-likeness (QED) is 0.562. The minimum Gasteiger partial charge on any atom is -0.436 e. The fourth-order valence-electron chi connectivity index (χ4n) is 0.685. The first-order valence-corrected chi connectivity index (χ1v) is 5.07. The van der Waals surface area contributed by atoms with Crippen LogP contribution in [0, 0.1) is 0 Å². The van der Waals surface area contributed by atoms with E-state index in [1.165, 1.54) is 13.1 Å². The Morgan fingerprint density at radius 1 is 1.71 bits per heavy atom. The molecule has 1 heterocycles. The highest BCUT2D eigenvalue weighted by molar-refractivity contribution is 7.46. The first-order chi connectivity index (χ1) is 6.38. The summed E-state index contributed by atoms with van der Waals surface area (Å²) in [7, 11) is -4.52. The van der Waals surface area contributed by atoms with Gasteiger partial charge in [0.15, 0.2) is 5.76 Å². The van der Waals surface area contributed by atoms with Crippen LogP contribution in [-0.2, 0) is 15.7 Å². The van der Waals surface area contributed by atoms with Crippen LogP contribution in [0.2, 0.25) is 0 Å². The van der Waals surface area contributed by atoms with Crippen LogP contribution >= 0.6 is 7.82 Å². The predicted molar refractivity (Wildman–Crippen MR) is 43.3 cm³/mol. The number of hydrogen-bond donors (Lipinski definition) is 2. The maximum Gasteiger partial charge on any atom is 0.470 e. The molecule has 0 aliphatic heterocycles. The number of rotatable bonds is 4. The molecule has 8 heteroatoms. The van der Waals surface area contributed by atoms with Crippen LogP contribution in [0.5, 0.6) is 0 Å². The number of carbonyl (C=O) groups excluding carboxylic acids is 1. The molecule has 2 N–H and O–H groups in total. The molecule has 1 rings (SSSR count). The predicted octanol–water partition coefficient (Wildman–Crippen LogP) is 0.486.